The number of carbonyl (C=O) groups is 1. The van der Waals surface area contributed by atoms with E-state index in [1.54, 1.807) is 0 Å². The quantitative estimate of drug-likeness (QED) is 0.120. The minimum atomic E-state index is -0.0753. The number of benzene rings is 1. The molecule has 0 aliphatic rings. The molecule has 1 aromatic rings. The number of unbranched alkanes of at least 4 members (excludes halogenated alkanes) is 15. The molecule has 0 amide bonds. The Labute approximate surface area is 187 Å². The summed E-state index contributed by atoms with van der Waals surface area (Å²) in [6, 6.07) is 7.98. The van der Waals surface area contributed by atoms with Gasteiger partial charge in [0.25, 0.3) is 0 Å². The zero-order valence-electron chi connectivity index (χ0n) is 20.1. The van der Waals surface area contributed by atoms with Crippen LogP contribution in [0.1, 0.15) is 135 Å². The number of ether oxygens (including phenoxy) is 1. The molecule has 0 aliphatic heterocycles. The number of rotatable bonds is 20. The molecule has 0 heterocycles. The van der Waals surface area contributed by atoms with Gasteiger partial charge in [-0.05, 0) is 30.9 Å². The predicted octanol–water partition coefficient (Wildman–Crippen LogP) is 9.20. The van der Waals surface area contributed by atoms with Crippen molar-refractivity contribution in [3.8, 4) is 5.75 Å². The van der Waals surface area contributed by atoms with Crippen LogP contribution in [0.4, 0.5) is 0 Å². The zero-order chi connectivity index (χ0) is 21.7. The van der Waals surface area contributed by atoms with Gasteiger partial charge in [-0.15, -0.1) is 0 Å². The van der Waals surface area contributed by atoms with Crippen LogP contribution in [0, 0.1) is 0 Å². The lowest BCUT2D eigenvalue weighted by Gasteiger charge is -2.09. The van der Waals surface area contributed by atoms with Crippen molar-refractivity contribution in [2.45, 2.75) is 136 Å². The van der Waals surface area contributed by atoms with Gasteiger partial charge >= 0.3 is 5.97 Å². The number of esters is 1. The van der Waals surface area contributed by atoms with Crippen LogP contribution in [0.3, 0.4) is 0 Å². The second kappa shape index (κ2) is 19.6. The lowest BCUT2D eigenvalue weighted by atomic mass is 10.0. The fourth-order valence-electron chi connectivity index (χ4n) is 3.99. The van der Waals surface area contributed by atoms with E-state index >= 15 is 0 Å². The maximum Gasteiger partial charge on any atom is 0.311 e. The molecule has 0 bridgehead atoms. The Morgan fingerprint density at radius 1 is 0.633 bits per heavy atom. The number of aryl methyl sites for hydroxylation is 1. The molecule has 0 unspecified atom stereocenters. The molecule has 1 rings (SSSR count). The molecule has 0 atom stereocenters. The normalized spacial score (nSPS) is 11.0. The summed E-state index contributed by atoms with van der Waals surface area (Å²) in [5, 5.41) is 0. The molecular formula is C28H48O2. The predicted molar refractivity (Wildman–Crippen MR) is 130 cm³/mol. The third-order valence-electron chi connectivity index (χ3n) is 5.98. The van der Waals surface area contributed by atoms with E-state index in [4.69, 9.17) is 4.74 Å². The molecule has 0 fully saturated rings. The first kappa shape index (κ1) is 26.7. The van der Waals surface area contributed by atoms with E-state index in [1.165, 1.54) is 83.5 Å². The van der Waals surface area contributed by atoms with E-state index in [9.17, 15) is 4.79 Å². The highest BCUT2D eigenvalue weighted by Crippen LogP contribution is 2.21. The molecule has 0 aliphatic carbocycles. The Balaban J connectivity index is 1.93. The summed E-state index contributed by atoms with van der Waals surface area (Å²) in [4.78, 5) is 12.2. The van der Waals surface area contributed by atoms with Crippen LogP contribution in [0.2, 0.25) is 0 Å². The summed E-state index contributed by atoms with van der Waals surface area (Å²) in [6.45, 7) is 4.47. The first-order chi connectivity index (χ1) is 14.8. The summed E-state index contributed by atoms with van der Waals surface area (Å²) in [6.07, 6.45) is 23.9. The van der Waals surface area contributed by atoms with E-state index in [1.807, 2.05) is 18.2 Å². The van der Waals surface area contributed by atoms with E-state index in [0.29, 0.717) is 6.42 Å². The monoisotopic (exact) mass is 416 g/mol. The van der Waals surface area contributed by atoms with Gasteiger partial charge in [-0.25, -0.2) is 0 Å². The fourth-order valence-corrected chi connectivity index (χ4v) is 3.99. The Kier molecular flexibility index (Phi) is 17.5. The Morgan fingerprint density at radius 3 is 1.63 bits per heavy atom. The standard InChI is InChI=1S/C28H48O2/c1-3-5-7-8-9-10-11-12-13-14-15-16-17-18-19-25-28(29)30-27-24-21-20-23-26(27)22-6-4-2/h20-21,23-24H,3-19,22,25H2,1-2H3. The van der Waals surface area contributed by atoms with Gasteiger partial charge in [-0.2, -0.15) is 0 Å². The van der Waals surface area contributed by atoms with Crippen LogP contribution in [-0.4, -0.2) is 5.97 Å². The number of hydrogen-bond acceptors (Lipinski definition) is 2. The van der Waals surface area contributed by atoms with Crippen LogP contribution in [0.15, 0.2) is 24.3 Å². The van der Waals surface area contributed by atoms with Crippen LogP contribution in [-0.2, 0) is 11.2 Å². The lowest BCUT2D eigenvalue weighted by molar-refractivity contribution is -0.134. The highest BCUT2D eigenvalue weighted by Gasteiger charge is 2.08. The van der Waals surface area contributed by atoms with Crippen LogP contribution in [0.5, 0.6) is 5.75 Å². The first-order valence-electron chi connectivity index (χ1n) is 13.1. The van der Waals surface area contributed by atoms with Gasteiger partial charge in [0.2, 0.25) is 0 Å². The molecule has 0 aromatic heterocycles. The SMILES string of the molecule is CCCCCCCCCCCCCCCCCC(=O)Oc1ccccc1CCCC. The minimum Gasteiger partial charge on any atom is -0.426 e. The summed E-state index contributed by atoms with van der Waals surface area (Å²) in [7, 11) is 0. The van der Waals surface area contributed by atoms with Gasteiger partial charge in [0.05, 0.1) is 0 Å². The average Bonchev–Trinajstić information content (AvgIpc) is 2.76. The molecule has 30 heavy (non-hydrogen) atoms. The van der Waals surface area contributed by atoms with Crippen molar-refractivity contribution < 1.29 is 9.53 Å². The average molecular weight is 417 g/mol. The Morgan fingerprint density at radius 2 is 1.10 bits per heavy atom. The summed E-state index contributed by atoms with van der Waals surface area (Å²) in [5.74, 6) is 0.686. The van der Waals surface area contributed by atoms with Crippen molar-refractivity contribution in [3.63, 3.8) is 0 Å². The third kappa shape index (κ3) is 14.6. The van der Waals surface area contributed by atoms with Crippen LogP contribution in [0.25, 0.3) is 0 Å². The third-order valence-corrected chi connectivity index (χ3v) is 5.98. The van der Waals surface area contributed by atoms with Crippen LogP contribution < -0.4 is 4.74 Å². The Hall–Kier alpha value is -1.31. The largest absolute Gasteiger partial charge is 0.426 e. The second-order valence-corrected chi connectivity index (χ2v) is 8.89. The van der Waals surface area contributed by atoms with Gasteiger partial charge in [0, 0.05) is 6.42 Å². The van der Waals surface area contributed by atoms with Crippen molar-refractivity contribution in [1.29, 1.82) is 0 Å². The summed E-state index contributed by atoms with van der Waals surface area (Å²) in [5.41, 5.74) is 1.16. The molecule has 0 spiro atoms. The molecule has 0 saturated carbocycles. The topological polar surface area (TPSA) is 26.3 Å². The maximum atomic E-state index is 12.2. The van der Waals surface area contributed by atoms with Gasteiger partial charge in [-0.1, -0.05) is 128 Å². The number of carbonyl (C=O) groups excluding carboxylic acids is 1. The molecule has 172 valence electrons. The zero-order valence-corrected chi connectivity index (χ0v) is 20.1. The minimum absolute atomic E-state index is 0.0753. The van der Waals surface area contributed by atoms with E-state index in [0.717, 1.165) is 43.4 Å². The van der Waals surface area contributed by atoms with E-state index < -0.39 is 0 Å². The molecule has 2 heteroatoms. The van der Waals surface area contributed by atoms with Gasteiger partial charge in [0.1, 0.15) is 5.75 Å². The van der Waals surface area contributed by atoms with Crippen molar-refractivity contribution in [3.05, 3.63) is 29.8 Å². The van der Waals surface area contributed by atoms with Gasteiger partial charge in [0.15, 0.2) is 0 Å². The highest BCUT2D eigenvalue weighted by atomic mass is 16.5. The highest BCUT2D eigenvalue weighted by molar-refractivity contribution is 5.72. The Bertz CT molecular complexity index is 523. The van der Waals surface area contributed by atoms with Crippen molar-refractivity contribution in [2.24, 2.45) is 0 Å². The lowest BCUT2D eigenvalue weighted by Crippen LogP contribution is -2.09. The van der Waals surface area contributed by atoms with Crippen molar-refractivity contribution >= 4 is 5.97 Å². The van der Waals surface area contributed by atoms with Crippen molar-refractivity contribution in [1.82, 2.24) is 0 Å². The molecule has 2 nitrogen and oxygen atoms in total. The van der Waals surface area contributed by atoms with Gasteiger partial charge in [-0.3, -0.25) is 4.79 Å². The molecule has 0 saturated heterocycles. The molecule has 1 aromatic carbocycles. The molecule has 0 radical (unpaired) electrons. The summed E-state index contributed by atoms with van der Waals surface area (Å²) < 4.78 is 5.62. The number of para-hydroxylation sites is 1. The fraction of sp³-hybridized carbons (Fsp3) is 0.750. The van der Waals surface area contributed by atoms with Gasteiger partial charge < -0.3 is 4.74 Å². The number of hydrogen-bond donors (Lipinski definition) is 0. The second-order valence-electron chi connectivity index (χ2n) is 8.89. The smallest absolute Gasteiger partial charge is 0.311 e. The van der Waals surface area contributed by atoms with E-state index in [2.05, 4.69) is 19.9 Å². The maximum absolute atomic E-state index is 12.2. The molecule has 0 N–H and O–H groups in total. The van der Waals surface area contributed by atoms with Crippen molar-refractivity contribution in [2.75, 3.05) is 0 Å². The summed E-state index contributed by atoms with van der Waals surface area (Å²) >= 11 is 0. The molecular weight excluding hydrogens is 368 g/mol. The van der Waals surface area contributed by atoms with Crippen LogP contribution >= 0.6 is 0 Å². The van der Waals surface area contributed by atoms with E-state index in [-0.39, 0.29) is 5.97 Å². The first-order valence-corrected chi connectivity index (χ1v) is 13.1.